The molecule has 0 aromatic carbocycles. The van der Waals surface area contributed by atoms with E-state index in [0.717, 1.165) is 5.01 Å². The summed E-state index contributed by atoms with van der Waals surface area (Å²) in [5.41, 5.74) is 2.22. The Morgan fingerprint density at radius 3 is 2.50 bits per heavy atom. The summed E-state index contributed by atoms with van der Waals surface area (Å²) in [5, 5.41) is 0.938. The van der Waals surface area contributed by atoms with Gasteiger partial charge in [0.1, 0.15) is 18.7 Å². The molecule has 0 saturated carbocycles. The lowest BCUT2D eigenvalue weighted by Crippen LogP contribution is -2.40. The predicted octanol–water partition coefficient (Wildman–Crippen LogP) is -1.20. The van der Waals surface area contributed by atoms with Crippen molar-refractivity contribution in [1.82, 2.24) is 10.4 Å². The monoisotopic (exact) mass is 198 g/mol. The third kappa shape index (κ3) is 2.65. The van der Waals surface area contributed by atoms with Gasteiger partial charge in [-0.25, -0.2) is 5.01 Å². The molecular weight excluding hydrogens is 188 g/mol. The van der Waals surface area contributed by atoms with Crippen molar-refractivity contribution in [1.29, 1.82) is 0 Å². The highest BCUT2D eigenvalue weighted by molar-refractivity contribution is 6.05. The molecule has 1 aliphatic heterocycles. The summed E-state index contributed by atoms with van der Waals surface area (Å²) in [5.74, 6) is -1.50. The van der Waals surface area contributed by atoms with E-state index in [2.05, 4.69) is 5.43 Å². The zero-order valence-corrected chi connectivity index (χ0v) is 7.70. The van der Waals surface area contributed by atoms with Gasteiger partial charge in [0, 0.05) is 0 Å². The van der Waals surface area contributed by atoms with Gasteiger partial charge in [-0.05, 0) is 6.92 Å². The predicted molar refractivity (Wildman–Crippen MR) is 44.8 cm³/mol. The van der Waals surface area contributed by atoms with Crippen molar-refractivity contribution in [3.8, 4) is 0 Å². The molecular formula is C8H10N2O4. The summed E-state index contributed by atoms with van der Waals surface area (Å²) in [6, 6.07) is 0. The molecule has 6 nitrogen and oxygen atoms in total. The smallest absolute Gasteiger partial charge is 0.250 e. The first-order chi connectivity index (χ1) is 6.49. The van der Waals surface area contributed by atoms with Crippen LogP contribution in [0.1, 0.15) is 19.8 Å². The Morgan fingerprint density at radius 2 is 2.07 bits per heavy atom. The molecule has 76 valence electrons. The van der Waals surface area contributed by atoms with Crippen LogP contribution in [0.4, 0.5) is 0 Å². The largest absolute Gasteiger partial charge is 0.300 e. The van der Waals surface area contributed by atoms with Crippen molar-refractivity contribution in [3.05, 3.63) is 0 Å². The van der Waals surface area contributed by atoms with Gasteiger partial charge in [0.05, 0.1) is 6.42 Å². The molecule has 0 aromatic heterocycles. The first-order valence-corrected chi connectivity index (χ1v) is 4.10. The molecule has 0 radical (unpaired) electrons. The van der Waals surface area contributed by atoms with Crippen LogP contribution in [0.25, 0.3) is 0 Å². The molecule has 0 aliphatic carbocycles. The van der Waals surface area contributed by atoms with Crippen molar-refractivity contribution < 1.29 is 19.2 Å². The summed E-state index contributed by atoms with van der Waals surface area (Å²) in [6.07, 6.45) is -0.437. The lowest BCUT2D eigenvalue weighted by atomic mass is 10.2. The Labute approximate surface area is 80.2 Å². The van der Waals surface area contributed by atoms with Crippen LogP contribution in [-0.4, -0.2) is 34.9 Å². The maximum Gasteiger partial charge on any atom is 0.250 e. The highest BCUT2D eigenvalue weighted by atomic mass is 16.2. The second kappa shape index (κ2) is 3.99. The van der Waals surface area contributed by atoms with Gasteiger partial charge in [-0.2, -0.15) is 0 Å². The molecule has 1 rings (SSSR count). The van der Waals surface area contributed by atoms with Crippen LogP contribution in [0.5, 0.6) is 0 Å². The number of hydrogen-bond acceptors (Lipinski definition) is 4. The van der Waals surface area contributed by atoms with Crippen LogP contribution in [0.3, 0.4) is 0 Å². The summed E-state index contributed by atoms with van der Waals surface area (Å²) in [7, 11) is 0. The van der Waals surface area contributed by atoms with E-state index >= 15 is 0 Å². The van der Waals surface area contributed by atoms with Crippen LogP contribution in [0.15, 0.2) is 0 Å². The van der Waals surface area contributed by atoms with Crippen LogP contribution >= 0.6 is 0 Å². The maximum absolute atomic E-state index is 11.1. The fourth-order valence-corrected chi connectivity index (χ4v) is 1.12. The number of nitrogens with one attached hydrogen (secondary N) is 1. The average Bonchev–Trinajstić information content (AvgIpc) is 2.28. The van der Waals surface area contributed by atoms with Crippen molar-refractivity contribution in [2.24, 2.45) is 0 Å². The van der Waals surface area contributed by atoms with Crippen LogP contribution in [-0.2, 0) is 19.2 Å². The van der Waals surface area contributed by atoms with Gasteiger partial charge in [-0.3, -0.25) is 24.6 Å². The Kier molecular flexibility index (Phi) is 2.95. The highest BCUT2D eigenvalue weighted by Gasteiger charge is 2.28. The molecule has 0 spiro atoms. The fourth-order valence-electron chi connectivity index (χ4n) is 1.12. The van der Waals surface area contributed by atoms with Gasteiger partial charge in [-0.1, -0.05) is 0 Å². The molecule has 1 saturated heterocycles. The third-order valence-corrected chi connectivity index (χ3v) is 1.65. The Bertz CT molecular complexity index is 310. The van der Waals surface area contributed by atoms with E-state index in [1.807, 2.05) is 0 Å². The second-order valence-electron chi connectivity index (χ2n) is 3.11. The van der Waals surface area contributed by atoms with E-state index < -0.39 is 11.8 Å². The minimum Gasteiger partial charge on any atom is -0.300 e. The normalized spacial score (nSPS) is 15.6. The Hall–Kier alpha value is -1.72. The van der Waals surface area contributed by atoms with Gasteiger partial charge in [0.25, 0.3) is 5.91 Å². The summed E-state index contributed by atoms with van der Waals surface area (Å²) < 4.78 is 0. The van der Waals surface area contributed by atoms with Gasteiger partial charge in [0.15, 0.2) is 5.78 Å². The zero-order valence-electron chi connectivity index (χ0n) is 7.70. The number of Topliss-reactive ketones (excluding diaryl/α,β-unsaturated/α-hetero) is 2. The number of hydrazine groups is 1. The topological polar surface area (TPSA) is 83.6 Å². The Morgan fingerprint density at radius 1 is 1.43 bits per heavy atom. The second-order valence-corrected chi connectivity index (χ2v) is 3.11. The molecule has 6 heteroatoms. The minimum absolute atomic E-state index is 0.209. The van der Waals surface area contributed by atoms with Crippen LogP contribution in [0, 0.1) is 0 Å². The number of nitrogens with zero attached hydrogens (tertiary/aromatic N) is 1. The number of ketones is 2. The van der Waals surface area contributed by atoms with Crippen LogP contribution in [0.2, 0.25) is 0 Å². The van der Waals surface area contributed by atoms with Crippen molar-refractivity contribution in [2.45, 2.75) is 19.8 Å². The van der Waals surface area contributed by atoms with E-state index in [9.17, 15) is 19.2 Å². The number of carbonyl (C=O) groups is 4. The van der Waals surface area contributed by atoms with E-state index in [1.165, 1.54) is 6.92 Å². The number of hydrogen-bond donors (Lipinski definition) is 1. The van der Waals surface area contributed by atoms with E-state index in [1.54, 1.807) is 0 Å². The third-order valence-electron chi connectivity index (χ3n) is 1.65. The van der Waals surface area contributed by atoms with Gasteiger partial charge >= 0.3 is 0 Å². The average molecular weight is 198 g/mol. The van der Waals surface area contributed by atoms with E-state index in [4.69, 9.17) is 0 Å². The standard InChI is InChI=1S/C8H10N2O4/c1-5(11)2-6(12)4-10-8(14)3-7(13)9-10/h2-4H2,1H3,(H,9,13). The number of rotatable bonds is 4. The van der Waals surface area contributed by atoms with E-state index in [0.29, 0.717) is 0 Å². The fraction of sp³-hybridized carbons (Fsp3) is 0.500. The van der Waals surface area contributed by atoms with Crippen molar-refractivity contribution in [3.63, 3.8) is 0 Å². The minimum atomic E-state index is -0.438. The summed E-state index contributed by atoms with van der Waals surface area (Å²) in [6.45, 7) is 1.06. The quantitative estimate of drug-likeness (QED) is 0.575. The molecule has 0 aromatic rings. The molecule has 2 amide bonds. The Balaban J connectivity index is 2.45. The maximum atomic E-state index is 11.1. The summed E-state index contributed by atoms with van der Waals surface area (Å²) in [4.78, 5) is 43.4. The molecule has 1 aliphatic rings. The molecule has 1 fully saturated rings. The van der Waals surface area contributed by atoms with Gasteiger partial charge < -0.3 is 0 Å². The van der Waals surface area contributed by atoms with E-state index in [-0.39, 0.29) is 31.0 Å². The van der Waals surface area contributed by atoms with Gasteiger partial charge in [0.2, 0.25) is 5.91 Å². The summed E-state index contributed by atoms with van der Waals surface area (Å²) >= 11 is 0. The molecule has 1 heterocycles. The van der Waals surface area contributed by atoms with Crippen LogP contribution < -0.4 is 5.43 Å². The molecule has 0 atom stereocenters. The zero-order chi connectivity index (χ0) is 10.7. The molecule has 0 bridgehead atoms. The lowest BCUT2D eigenvalue weighted by Gasteiger charge is -2.13. The van der Waals surface area contributed by atoms with Gasteiger partial charge in [-0.15, -0.1) is 0 Å². The first-order valence-electron chi connectivity index (χ1n) is 4.10. The number of carbonyl (C=O) groups excluding carboxylic acids is 4. The highest BCUT2D eigenvalue weighted by Crippen LogP contribution is 2.01. The molecule has 1 N–H and O–H groups in total. The van der Waals surface area contributed by atoms with Crippen molar-refractivity contribution >= 4 is 23.4 Å². The molecule has 0 unspecified atom stereocenters. The first kappa shape index (κ1) is 10.4. The SMILES string of the molecule is CC(=O)CC(=O)CN1NC(=O)CC1=O. The van der Waals surface area contributed by atoms with Crippen molar-refractivity contribution in [2.75, 3.05) is 6.54 Å². The lowest BCUT2D eigenvalue weighted by molar-refractivity contribution is -0.135. The molecule has 14 heavy (non-hydrogen) atoms. The number of amides is 2.